The number of nitriles is 1. The summed E-state index contributed by atoms with van der Waals surface area (Å²) in [4.78, 5) is 22.4. The van der Waals surface area contributed by atoms with Gasteiger partial charge in [-0.2, -0.15) is 5.26 Å². The van der Waals surface area contributed by atoms with Gasteiger partial charge in [-0.3, -0.25) is 4.79 Å². The molecular weight excluding hydrogens is 364 g/mol. The van der Waals surface area contributed by atoms with Gasteiger partial charge in [-0.05, 0) is 42.3 Å². The van der Waals surface area contributed by atoms with Gasteiger partial charge in [0.15, 0.2) is 0 Å². The Morgan fingerprint density at radius 1 is 1.14 bits per heavy atom. The number of rotatable bonds is 8. The lowest BCUT2D eigenvalue weighted by Crippen LogP contribution is -2.21. The second-order valence-electron chi connectivity index (χ2n) is 6.73. The van der Waals surface area contributed by atoms with Crippen molar-refractivity contribution in [3.05, 3.63) is 83.7 Å². The highest BCUT2D eigenvalue weighted by Gasteiger charge is 2.18. The molecule has 1 unspecified atom stereocenters. The van der Waals surface area contributed by atoms with E-state index in [2.05, 4.69) is 16.0 Å². The molecule has 2 aromatic carbocycles. The molecule has 0 aliphatic heterocycles. The highest BCUT2D eigenvalue weighted by Crippen LogP contribution is 2.25. The molecule has 0 radical (unpaired) electrons. The van der Waals surface area contributed by atoms with Gasteiger partial charge in [0.05, 0.1) is 24.1 Å². The Balaban J connectivity index is 1.96. The molecule has 0 fully saturated rings. The zero-order chi connectivity index (χ0) is 20.6. The van der Waals surface area contributed by atoms with E-state index >= 15 is 0 Å². The van der Waals surface area contributed by atoms with Crippen molar-refractivity contribution < 1.29 is 9.90 Å². The average Bonchev–Trinajstić information content (AvgIpc) is 2.76. The van der Waals surface area contributed by atoms with Gasteiger partial charge in [-0.1, -0.05) is 37.3 Å². The maximum Gasteiger partial charge on any atom is 0.306 e. The summed E-state index contributed by atoms with van der Waals surface area (Å²) in [7, 11) is 0. The molecule has 29 heavy (non-hydrogen) atoms. The van der Waals surface area contributed by atoms with Crippen LogP contribution < -0.4 is 4.90 Å². The normalized spacial score (nSPS) is 11.4. The number of carboxylic acids is 1. The zero-order valence-corrected chi connectivity index (χ0v) is 16.2. The minimum absolute atomic E-state index is 0.355. The van der Waals surface area contributed by atoms with Gasteiger partial charge in [0.25, 0.3) is 0 Å². The first kappa shape index (κ1) is 20.0. The Kier molecular flexibility index (Phi) is 6.54. The van der Waals surface area contributed by atoms with Gasteiger partial charge in [-0.25, -0.2) is 9.97 Å². The molecule has 0 saturated carbocycles. The maximum atomic E-state index is 11.4. The Hall–Kier alpha value is -3.72. The number of aliphatic carboxylic acids is 1. The number of nitrogens with zero attached hydrogens (tertiary/aromatic N) is 4. The fourth-order valence-electron chi connectivity index (χ4n) is 3.05. The lowest BCUT2D eigenvalue weighted by Gasteiger charge is -2.23. The molecule has 0 bridgehead atoms. The Bertz CT molecular complexity index is 997. The van der Waals surface area contributed by atoms with Crippen molar-refractivity contribution in [1.82, 2.24) is 9.97 Å². The van der Waals surface area contributed by atoms with E-state index < -0.39 is 11.9 Å². The van der Waals surface area contributed by atoms with E-state index in [1.807, 2.05) is 54.3 Å². The summed E-state index contributed by atoms with van der Waals surface area (Å²) in [5.74, 6) is -0.799. The van der Waals surface area contributed by atoms with E-state index in [9.17, 15) is 9.90 Å². The van der Waals surface area contributed by atoms with E-state index in [0.29, 0.717) is 36.6 Å². The van der Waals surface area contributed by atoms with E-state index in [1.54, 1.807) is 24.4 Å². The lowest BCUT2D eigenvalue weighted by molar-refractivity contribution is -0.141. The summed E-state index contributed by atoms with van der Waals surface area (Å²) in [6.07, 6.45) is 2.56. The Morgan fingerprint density at radius 3 is 2.48 bits per heavy atom. The first-order chi connectivity index (χ1) is 14.1. The first-order valence-electron chi connectivity index (χ1n) is 9.47. The molecule has 0 amide bonds. The van der Waals surface area contributed by atoms with Crippen LogP contribution in [-0.2, 0) is 17.8 Å². The molecule has 0 aliphatic rings. The minimum Gasteiger partial charge on any atom is -0.481 e. The summed E-state index contributed by atoms with van der Waals surface area (Å²) in [5.41, 5.74) is 3.21. The third-order valence-electron chi connectivity index (χ3n) is 4.73. The lowest BCUT2D eigenvalue weighted by atomic mass is 10.0. The van der Waals surface area contributed by atoms with Crippen molar-refractivity contribution in [1.29, 1.82) is 5.26 Å². The quantitative estimate of drug-likeness (QED) is 0.619. The number of aromatic nitrogens is 2. The van der Waals surface area contributed by atoms with Crippen LogP contribution in [0.5, 0.6) is 0 Å². The number of benzene rings is 2. The number of carbonyl (C=O) groups is 1. The number of hydrogen-bond acceptors (Lipinski definition) is 5. The molecule has 1 aromatic heterocycles. The first-order valence-corrected chi connectivity index (χ1v) is 9.47. The second kappa shape index (κ2) is 9.47. The number of hydrogen-bond donors (Lipinski definition) is 1. The largest absolute Gasteiger partial charge is 0.481 e. The number of carboxylic acid groups (broad SMARTS) is 1. The SMILES string of the molecule is CCC(Cc1ccnc(N(Cc2ccccc2)c2ccc(C#N)cc2)n1)C(=O)O. The molecule has 6 heteroatoms. The monoisotopic (exact) mass is 386 g/mol. The highest BCUT2D eigenvalue weighted by molar-refractivity contribution is 5.70. The molecule has 0 spiro atoms. The van der Waals surface area contributed by atoms with Gasteiger partial charge >= 0.3 is 5.97 Å². The Labute approximate surface area is 170 Å². The van der Waals surface area contributed by atoms with Gasteiger partial charge in [0.2, 0.25) is 5.95 Å². The van der Waals surface area contributed by atoms with Gasteiger partial charge < -0.3 is 10.0 Å². The van der Waals surface area contributed by atoms with Gasteiger partial charge in [0.1, 0.15) is 0 Å². The molecular formula is C23H22N4O2. The maximum absolute atomic E-state index is 11.4. The third kappa shape index (κ3) is 5.17. The summed E-state index contributed by atoms with van der Waals surface area (Å²) in [5, 5.41) is 18.4. The fourth-order valence-corrected chi connectivity index (χ4v) is 3.05. The van der Waals surface area contributed by atoms with Gasteiger partial charge in [0, 0.05) is 24.0 Å². The summed E-state index contributed by atoms with van der Waals surface area (Å²) >= 11 is 0. The van der Waals surface area contributed by atoms with Crippen molar-refractivity contribution in [3.8, 4) is 6.07 Å². The third-order valence-corrected chi connectivity index (χ3v) is 4.73. The van der Waals surface area contributed by atoms with Crippen LogP contribution >= 0.6 is 0 Å². The Morgan fingerprint density at radius 2 is 1.86 bits per heavy atom. The molecule has 0 saturated heterocycles. The van der Waals surface area contributed by atoms with Crippen LogP contribution in [-0.4, -0.2) is 21.0 Å². The average molecular weight is 386 g/mol. The van der Waals surface area contributed by atoms with Gasteiger partial charge in [-0.15, -0.1) is 0 Å². The van der Waals surface area contributed by atoms with Crippen molar-refractivity contribution in [2.75, 3.05) is 4.90 Å². The summed E-state index contributed by atoms with van der Waals surface area (Å²) < 4.78 is 0. The van der Waals surface area contributed by atoms with E-state index in [0.717, 1.165) is 11.3 Å². The molecule has 0 aliphatic carbocycles. The molecule has 3 rings (SSSR count). The molecule has 3 aromatic rings. The molecule has 1 heterocycles. The van der Waals surface area contributed by atoms with Crippen molar-refractivity contribution in [3.63, 3.8) is 0 Å². The minimum atomic E-state index is -0.819. The standard InChI is InChI=1S/C23H22N4O2/c1-2-19(22(28)29)14-20-12-13-25-23(26-20)27(16-18-6-4-3-5-7-18)21-10-8-17(15-24)9-11-21/h3-13,19H,2,14,16H2,1H3,(H,28,29). The van der Waals surface area contributed by atoms with Crippen LogP contribution in [0.1, 0.15) is 30.2 Å². The fraction of sp³-hybridized carbons (Fsp3) is 0.217. The number of anilines is 2. The van der Waals surface area contributed by atoms with Crippen molar-refractivity contribution >= 4 is 17.6 Å². The van der Waals surface area contributed by atoms with Crippen LogP contribution in [0.2, 0.25) is 0 Å². The van der Waals surface area contributed by atoms with Crippen molar-refractivity contribution in [2.45, 2.75) is 26.3 Å². The molecule has 1 N–H and O–H groups in total. The smallest absolute Gasteiger partial charge is 0.306 e. The van der Waals surface area contributed by atoms with Crippen LogP contribution in [0.4, 0.5) is 11.6 Å². The van der Waals surface area contributed by atoms with Crippen LogP contribution in [0, 0.1) is 17.2 Å². The van der Waals surface area contributed by atoms with Crippen LogP contribution in [0.3, 0.4) is 0 Å². The zero-order valence-electron chi connectivity index (χ0n) is 16.2. The summed E-state index contributed by atoms with van der Waals surface area (Å²) in [6.45, 7) is 2.41. The van der Waals surface area contributed by atoms with Crippen molar-refractivity contribution in [2.24, 2.45) is 5.92 Å². The molecule has 1 atom stereocenters. The molecule has 146 valence electrons. The highest BCUT2D eigenvalue weighted by atomic mass is 16.4. The van der Waals surface area contributed by atoms with E-state index in [1.165, 1.54) is 0 Å². The topological polar surface area (TPSA) is 90.1 Å². The van der Waals surface area contributed by atoms with Crippen LogP contribution in [0.15, 0.2) is 66.9 Å². The molecule has 6 nitrogen and oxygen atoms in total. The van der Waals surface area contributed by atoms with E-state index in [-0.39, 0.29) is 0 Å². The van der Waals surface area contributed by atoms with Crippen LogP contribution in [0.25, 0.3) is 0 Å². The van der Waals surface area contributed by atoms with E-state index in [4.69, 9.17) is 5.26 Å². The summed E-state index contributed by atoms with van der Waals surface area (Å²) in [6, 6.07) is 21.1. The predicted octanol–water partition coefficient (Wildman–Crippen LogP) is 4.34. The second-order valence-corrected chi connectivity index (χ2v) is 6.73. The predicted molar refractivity (Wildman–Crippen MR) is 111 cm³/mol.